The van der Waals surface area contributed by atoms with E-state index in [9.17, 15) is 5.11 Å². The monoisotopic (exact) mass is 169 g/mol. The molecule has 0 amide bonds. The lowest BCUT2D eigenvalue weighted by atomic mass is 10.1. The summed E-state index contributed by atoms with van der Waals surface area (Å²) in [5, 5.41) is 17.8. The molecule has 0 aromatic heterocycles. The number of ether oxygens (including phenoxy) is 1. The highest BCUT2D eigenvalue weighted by Gasteiger charge is 2.34. The van der Waals surface area contributed by atoms with Gasteiger partial charge in [-0.2, -0.15) is 0 Å². The number of rotatable bonds is 2. The minimum absolute atomic E-state index is 0.162. The molecule has 0 bridgehead atoms. The van der Waals surface area contributed by atoms with E-state index < -0.39 is 0 Å². The topological polar surface area (TPSA) is 57.6 Å². The summed E-state index contributed by atoms with van der Waals surface area (Å²) in [5.74, 6) is -0.0978. The summed E-state index contributed by atoms with van der Waals surface area (Å²) >= 11 is 0. The first-order valence-corrected chi connectivity index (χ1v) is 4.11. The molecule has 1 rings (SSSR count). The number of hydrogen-bond donors (Lipinski definition) is 1. The van der Waals surface area contributed by atoms with Crippen molar-refractivity contribution in [3.8, 4) is 0 Å². The van der Waals surface area contributed by atoms with Crippen molar-refractivity contribution in [2.75, 3.05) is 7.11 Å². The minimum atomic E-state index is -0.260. The fraction of sp³-hybridized carbons (Fsp3) is 0.750. The SMILES string of the molecule is CO/C(O)=C(\[N+]#N)C1CCCC1. The van der Waals surface area contributed by atoms with Crippen LogP contribution in [0.4, 0.5) is 0 Å². The van der Waals surface area contributed by atoms with Crippen molar-refractivity contribution in [2.45, 2.75) is 25.7 Å². The molecule has 0 spiro atoms. The van der Waals surface area contributed by atoms with E-state index in [-0.39, 0.29) is 17.6 Å². The lowest BCUT2D eigenvalue weighted by Gasteiger charge is -1.98. The Labute approximate surface area is 71.5 Å². The van der Waals surface area contributed by atoms with E-state index in [0.717, 1.165) is 25.7 Å². The van der Waals surface area contributed by atoms with Crippen LogP contribution in [0.1, 0.15) is 25.7 Å². The second kappa shape index (κ2) is 3.96. The van der Waals surface area contributed by atoms with Crippen molar-refractivity contribution in [3.63, 3.8) is 0 Å². The van der Waals surface area contributed by atoms with Crippen LogP contribution in [0.3, 0.4) is 0 Å². The number of hydrogen-bond acceptors (Lipinski definition) is 3. The highest BCUT2D eigenvalue weighted by molar-refractivity contribution is 5.14. The zero-order chi connectivity index (χ0) is 8.97. The fourth-order valence-electron chi connectivity index (χ4n) is 1.60. The molecule has 66 valence electrons. The molecule has 1 fully saturated rings. The Kier molecular flexibility index (Phi) is 2.92. The molecule has 12 heavy (non-hydrogen) atoms. The van der Waals surface area contributed by atoms with E-state index in [1.165, 1.54) is 7.11 Å². The zero-order valence-electron chi connectivity index (χ0n) is 7.16. The zero-order valence-corrected chi connectivity index (χ0v) is 7.16. The molecular weight excluding hydrogens is 156 g/mol. The van der Waals surface area contributed by atoms with Crippen LogP contribution >= 0.6 is 0 Å². The second-order valence-corrected chi connectivity index (χ2v) is 2.98. The summed E-state index contributed by atoms with van der Waals surface area (Å²) < 4.78 is 4.60. The summed E-state index contributed by atoms with van der Waals surface area (Å²) in [6.07, 6.45) is 4.18. The maximum atomic E-state index is 9.18. The number of methoxy groups -OCH3 is 1. The van der Waals surface area contributed by atoms with Crippen molar-refractivity contribution < 1.29 is 9.84 Å². The molecule has 0 heterocycles. The number of aliphatic hydroxyl groups excluding tert-OH is 1. The number of aliphatic hydroxyl groups is 1. The summed E-state index contributed by atoms with van der Waals surface area (Å²) in [4.78, 5) is 3.05. The van der Waals surface area contributed by atoms with Gasteiger partial charge in [0, 0.05) is 0 Å². The van der Waals surface area contributed by atoms with Gasteiger partial charge in [0.25, 0.3) is 0 Å². The van der Waals surface area contributed by atoms with Crippen LogP contribution in [0.5, 0.6) is 0 Å². The van der Waals surface area contributed by atoms with Gasteiger partial charge in [-0.1, -0.05) is 12.8 Å². The number of diazo groups is 1. The number of allylic oxidation sites excluding steroid dienone is 1. The summed E-state index contributed by atoms with van der Waals surface area (Å²) in [6.45, 7) is 0. The Morgan fingerprint density at radius 2 is 2.08 bits per heavy atom. The molecule has 0 unspecified atom stereocenters. The van der Waals surface area contributed by atoms with Gasteiger partial charge in [0.2, 0.25) is 5.39 Å². The third kappa shape index (κ3) is 1.67. The largest absolute Gasteiger partial charge is 0.475 e. The van der Waals surface area contributed by atoms with Crippen LogP contribution in [0.25, 0.3) is 4.98 Å². The molecule has 1 N–H and O–H groups in total. The van der Waals surface area contributed by atoms with Crippen LogP contribution in [-0.2, 0) is 4.74 Å². The molecule has 4 heteroatoms. The van der Waals surface area contributed by atoms with Gasteiger partial charge in [-0.15, -0.1) is 0 Å². The lowest BCUT2D eigenvalue weighted by molar-refractivity contribution is 0.128. The first-order valence-electron chi connectivity index (χ1n) is 4.11. The first-order chi connectivity index (χ1) is 5.79. The molecule has 1 saturated carbocycles. The lowest BCUT2D eigenvalue weighted by Crippen LogP contribution is -2.00. The maximum Gasteiger partial charge on any atom is 0.443 e. The molecule has 0 radical (unpaired) electrons. The number of nitrogens with zero attached hydrogens (tertiary/aromatic N) is 2. The summed E-state index contributed by atoms with van der Waals surface area (Å²) in [6, 6.07) is 0. The van der Waals surface area contributed by atoms with Crippen LogP contribution in [0.15, 0.2) is 11.6 Å². The molecule has 4 nitrogen and oxygen atoms in total. The van der Waals surface area contributed by atoms with Crippen LogP contribution in [-0.4, -0.2) is 12.2 Å². The molecule has 0 saturated heterocycles. The average molecular weight is 169 g/mol. The Hall–Kier alpha value is -1.24. The highest BCUT2D eigenvalue weighted by Crippen LogP contribution is 2.32. The van der Waals surface area contributed by atoms with E-state index >= 15 is 0 Å². The van der Waals surface area contributed by atoms with E-state index in [0.29, 0.717) is 0 Å². The van der Waals surface area contributed by atoms with Gasteiger partial charge in [-0.25, -0.2) is 0 Å². The van der Waals surface area contributed by atoms with E-state index in [2.05, 4.69) is 9.71 Å². The molecule has 0 atom stereocenters. The van der Waals surface area contributed by atoms with Crippen LogP contribution < -0.4 is 0 Å². The van der Waals surface area contributed by atoms with E-state index in [1.54, 1.807) is 0 Å². The minimum Gasteiger partial charge on any atom is -0.475 e. The van der Waals surface area contributed by atoms with Gasteiger partial charge < -0.3 is 9.84 Å². The van der Waals surface area contributed by atoms with Crippen molar-refractivity contribution in [1.82, 2.24) is 0 Å². The summed E-state index contributed by atoms with van der Waals surface area (Å²) in [5.41, 5.74) is 0.287. The Bertz CT molecular complexity index is 224. The molecule has 0 aromatic carbocycles. The predicted molar refractivity (Wildman–Crippen MR) is 43.7 cm³/mol. The van der Waals surface area contributed by atoms with Gasteiger partial charge >= 0.3 is 11.6 Å². The second-order valence-electron chi connectivity index (χ2n) is 2.98. The first kappa shape index (κ1) is 8.85. The summed E-state index contributed by atoms with van der Waals surface area (Å²) in [7, 11) is 1.36. The van der Waals surface area contributed by atoms with Crippen LogP contribution in [0, 0.1) is 11.3 Å². The quantitative estimate of drug-likeness (QED) is 0.510. The van der Waals surface area contributed by atoms with Crippen molar-refractivity contribution in [3.05, 3.63) is 16.6 Å². The smallest absolute Gasteiger partial charge is 0.443 e. The van der Waals surface area contributed by atoms with Gasteiger partial charge in [-0.3, -0.25) is 0 Å². The molecule has 0 aromatic rings. The standard InChI is InChI=1S/C8H12N2O2/c1-12-8(11)7(10-9)6-4-2-3-5-6/h6H,2-5H2,1H3/p+1/b8-7-. The van der Waals surface area contributed by atoms with Gasteiger partial charge in [0.15, 0.2) is 4.98 Å². The molecule has 1 aliphatic rings. The Balaban J connectivity index is 2.74. The molecular formula is C8H13N2O2+. The fourth-order valence-corrected chi connectivity index (χ4v) is 1.60. The van der Waals surface area contributed by atoms with Crippen molar-refractivity contribution in [1.29, 1.82) is 5.39 Å². The van der Waals surface area contributed by atoms with Crippen LogP contribution in [0.2, 0.25) is 0 Å². The normalized spacial score (nSPS) is 20.0. The van der Waals surface area contributed by atoms with Gasteiger partial charge in [0.05, 0.1) is 13.0 Å². The third-order valence-corrected chi connectivity index (χ3v) is 2.26. The molecule has 0 aliphatic heterocycles. The third-order valence-electron chi connectivity index (χ3n) is 2.26. The van der Waals surface area contributed by atoms with Crippen molar-refractivity contribution >= 4 is 0 Å². The van der Waals surface area contributed by atoms with Gasteiger partial charge in [-0.05, 0) is 12.8 Å². The Morgan fingerprint density at radius 3 is 2.50 bits per heavy atom. The van der Waals surface area contributed by atoms with E-state index in [1.807, 2.05) is 0 Å². The van der Waals surface area contributed by atoms with Gasteiger partial charge in [0.1, 0.15) is 0 Å². The van der Waals surface area contributed by atoms with E-state index in [4.69, 9.17) is 5.39 Å². The Morgan fingerprint density at radius 1 is 1.50 bits per heavy atom. The average Bonchev–Trinajstić information content (AvgIpc) is 2.58. The maximum absolute atomic E-state index is 9.18. The highest BCUT2D eigenvalue weighted by atomic mass is 16.6. The molecule has 1 aliphatic carbocycles. The predicted octanol–water partition coefficient (Wildman–Crippen LogP) is 2.40. The van der Waals surface area contributed by atoms with Crippen molar-refractivity contribution in [2.24, 2.45) is 5.92 Å².